The van der Waals surface area contributed by atoms with Gasteiger partial charge < -0.3 is 20.1 Å². The van der Waals surface area contributed by atoms with Gasteiger partial charge in [0.25, 0.3) is 0 Å². The Morgan fingerprint density at radius 2 is 1.68 bits per heavy atom. The van der Waals surface area contributed by atoms with Crippen molar-refractivity contribution in [2.24, 2.45) is 5.92 Å². The Morgan fingerprint density at radius 3 is 2.26 bits per heavy atom. The van der Waals surface area contributed by atoms with Gasteiger partial charge in [-0.05, 0) is 5.92 Å². The van der Waals surface area contributed by atoms with Gasteiger partial charge in [0.1, 0.15) is 0 Å². The Labute approximate surface area is 120 Å². The summed E-state index contributed by atoms with van der Waals surface area (Å²) in [5, 5.41) is 6.12. The number of nitrogens with one attached hydrogen (secondary N) is 2. The van der Waals surface area contributed by atoms with Crippen LogP contribution in [0, 0.1) is 5.92 Å². The molecule has 0 aliphatic carbocycles. The third-order valence-corrected chi connectivity index (χ3v) is 2.35. The number of amides is 1. The third-order valence-electron chi connectivity index (χ3n) is 2.35. The second-order valence-electron chi connectivity index (χ2n) is 5.28. The van der Waals surface area contributed by atoms with Crippen molar-refractivity contribution in [3.8, 4) is 0 Å². The molecule has 0 bridgehead atoms. The molecule has 0 heterocycles. The molecule has 118 valence electrons. The van der Waals surface area contributed by atoms with E-state index in [0.29, 0.717) is 44.8 Å². The van der Waals surface area contributed by atoms with E-state index in [1.54, 1.807) is 0 Å². The summed E-state index contributed by atoms with van der Waals surface area (Å²) >= 11 is 0. The van der Waals surface area contributed by atoms with Crippen LogP contribution in [-0.2, 0) is 14.3 Å². The molecule has 0 fully saturated rings. The average molecular weight is 278 g/mol. The van der Waals surface area contributed by atoms with Crippen LogP contribution in [0.4, 0.5) is 0 Å². The summed E-state index contributed by atoms with van der Waals surface area (Å²) in [6.07, 6.45) is 0.418. The van der Waals surface area contributed by atoms with Crippen molar-refractivity contribution < 1.29 is 17.1 Å². The third kappa shape index (κ3) is 15.3. The summed E-state index contributed by atoms with van der Waals surface area (Å²) < 4.78 is 10.7. The van der Waals surface area contributed by atoms with E-state index >= 15 is 0 Å². The Hall–Kier alpha value is -0.650. The Balaban J connectivity index is -0.00000162. The minimum absolute atomic E-state index is 0. The number of hydrogen-bond acceptors (Lipinski definition) is 4. The first-order valence-electron chi connectivity index (χ1n) is 7.18. The van der Waals surface area contributed by atoms with E-state index in [4.69, 9.17) is 9.47 Å². The molecule has 19 heavy (non-hydrogen) atoms. The van der Waals surface area contributed by atoms with E-state index in [0.717, 1.165) is 13.1 Å². The first-order valence-corrected chi connectivity index (χ1v) is 7.18. The lowest BCUT2D eigenvalue weighted by molar-refractivity contribution is -0.122. The molecule has 0 spiro atoms. The van der Waals surface area contributed by atoms with Gasteiger partial charge in [-0.2, -0.15) is 0 Å². The zero-order valence-electron chi connectivity index (χ0n) is 12.8. The molecule has 2 N–H and O–H groups in total. The van der Waals surface area contributed by atoms with Crippen LogP contribution in [-0.4, -0.2) is 51.5 Å². The molecular formula is C14H34N2O3. The molecule has 5 nitrogen and oxygen atoms in total. The topological polar surface area (TPSA) is 59.6 Å². The van der Waals surface area contributed by atoms with Gasteiger partial charge in [-0.15, -0.1) is 0 Å². The summed E-state index contributed by atoms with van der Waals surface area (Å²) in [5.74, 6) is 0.536. The van der Waals surface area contributed by atoms with Crippen LogP contribution < -0.4 is 10.6 Å². The normalized spacial score (nSPS) is 11.3. The van der Waals surface area contributed by atoms with Crippen molar-refractivity contribution in [2.45, 2.75) is 40.2 Å². The molecule has 0 aromatic carbocycles. The first kappa shape index (κ1) is 18.4. The van der Waals surface area contributed by atoms with Gasteiger partial charge >= 0.3 is 0 Å². The number of carbonyl (C=O) groups is 1. The summed E-state index contributed by atoms with van der Waals surface area (Å²) in [7, 11) is 0. The molecule has 0 radical (unpaired) electrons. The molecule has 0 saturated heterocycles. The van der Waals surface area contributed by atoms with Crippen LogP contribution in [0.2, 0.25) is 0 Å². The minimum Gasteiger partial charge on any atom is -0.379 e. The second-order valence-corrected chi connectivity index (χ2v) is 5.28. The predicted octanol–water partition coefficient (Wildman–Crippen LogP) is 1.67. The lowest BCUT2D eigenvalue weighted by Gasteiger charge is -2.09. The van der Waals surface area contributed by atoms with E-state index in [9.17, 15) is 4.79 Å². The standard InChI is InChI=1S/C14H30N2O3.2H2/c1-12(2)11-16-14(17)5-7-18-9-10-19-8-6-15-13(3)4;;/h12-13,15H,5-11H2,1-4H3,(H,16,17);2*1H. The van der Waals surface area contributed by atoms with Crippen LogP contribution in [0.25, 0.3) is 0 Å². The van der Waals surface area contributed by atoms with Crippen LogP contribution in [0.1, 0.15) is 37.0 Å². The van der Waals surface area contributed by atoms with E-state index < -0.39 is 0 Å². The van der Waals surface area contributed by atoms with Gasteiger partial charge in [0.05, 0.1) is 26.4 Å². The smallest absolute Gasteiger partial charge is 0.222 e. The summed E-state index contributed by atoms with van der Waals surface area (Å²) in [5.41, 5.74) is 0. The first-order chi connectivity index (χ1) is 9.02. The van der Waals surface area contributed by atoms with Gasteiger partial charge in [-0.25, -0.2) is 0 Å². The van der Waals surface area contributed by atoms with Crippen molar-refractivity contribution in [3.05, 3.63) is 0 Å². The Kier molecular flexibility index (Phi) is 12.0. The van der Waals surface area contributed by atoms with Gasteiger partial charge in [0, 0.05) is 28.4 Å². The predicted molar refractivity (Wildman–Crippen MR) is 81.5 cm³/mol. The Bertz CT molecular complexity index is 230. The van der Waals surface area contributed by atoms with Crippen LogP contribution in [0.5, 0.6) is 0 Å². The van der Waals surface area contributed by atoms with Crippen molar-refractivity contribution >= 4 is 5.91 Å². The molecule has 0 aromatic rings. The van der Waals surface area contributed by atoms with Gasteiger partial charge in [0.2, 0.25) is 5.91 Å². The fourth-order valence-electron chi connectivity index (χ4n) is 1.31. The average Bonchev–Trinajstić information content (AvgIpc) is 2.34. The van der Waals surface area contributed by atoms with Gasteiger partial charge in [-0.1, -0.05) is 27.7 Å². The highest BCUT2D eigenvalue weighted by Crippen LogP contribution is 1.89. The largest absolute Gasteiger partial charge is 0.379 e. The quantitative estimate of drug-likeness (QED) is 0.533. The minimum atomic E-state index is 0. The van der Waals surface area contributed by atoms with Crippen molar-refractivity contribution in [2.75, 3.05) is 39.5 Å². The fraction of sp³-hybridized carbons (Fsp3) is 0.929. The van der Waals surface area contributed by atoms with E-state index in [2.05, 4.69) is 38.3 Å². The van der Waals surface area contributed by atoms with Crippen LogP contribution >= 0.6 is 0 Å². The van der Waals surface area contributed by atoms with E-state index in [-0.39, 0.29) is 8.76 Å². The van der Waals surface area contributed by atoms with Gasteiger partial charge in [0.15, 0.2) is 0 Å². The van der Waals surface area contributed by atoms with Crippen molar-refractivity contribution in [3.63, 3.8) is 0 Å². The molecular weight excluding hydrogens is 244 g/mol. The molecule has 0 unspecified atom stereocenters. The lowest BCUT2D eigenvalue weighted by Crippen LogP contribution is -2.28. The molecule has 0 atom stereocenters. The zero-order valence-corrected chi connectivity index (χ0v) is 12.8. The van der Waals surface area contributed by atoms with E-state index in [1.807, 2.05) is 0 Å². The second kappa shape index (κ2) is 12.4. The zero-order chi connectivity index (χ0) is 14.5. The maximum Gasteiger partial charge on any atom is 0.222 e. The fourth-order valence-corrected chi connectivity index (χ4v) is 1.31. The van der Waals surface area contributed by atoms with Crippen molar-refractivity contribution in [1.29, 1.82) is 0 Å². The molecule has 0 aromatic heterocycles. The highest BCUT2D eigenvalue weighted by molar-refractivity contribution is 5.75. The van der Waals surface area contributed by atoms with E-state index in [1.165, 1.54) is 0 Å². The molecule has 5 heteroatoms. The number of hydrogen-bond donors (Lipinski definition) is 2. The highest BCUT2D eigenvalue weighted by atomic mass is 16.5. The number of ether oxygens (including phenoxy) is 2. The molecule has 0 aliphatic rings. The lowest BCUT2D eigenvalue weighted by atomic mass is 10.2. The molecule has 0 saturated carbocycles. The van der Waals surface area contributed by atoms with Crippen molar-refractivity contribution in [1.82, 2.24) is 10.6 Å². The number of carbonyl (C=O) groups excluding carboxylic acids is 1. The summed E-state index contributed by atoms with van der Waals surface area (Å²) in [6.45, 7) is 12.2. The molecule has 0 aliphatic heterocycles. The maximum atomic E-state index is 11.4. The molecule has 1 amide bonds. The van der Waals surface area contributed by atoms with Gasteiger partial charge in [-0.3, -0.25) is 4.79 Å². The SMILES string of the molecule is CC(C)CNC(=O)CCOCCOCCNC(C)C.[HH].[HH]. The number of rotatable bonds is 12. The Morgan fingerprint density at radius 1 is 1.05 bits per heavy atom. The highest BCUT2D eigenvalue weighted by Gasteiger charge is 2.01. The van der Waals surface area contributed by atoms with Crippen LogP contribution in [0.3, 0.4) is 0 Å². The maximum absolute atomic E-state index is 11.4. The molecule has 0 rings (SSSR count). The monoisotopic (exact) mass is 278 g/mol. The summed E-state index contributed by atoms with van der Waals surface area (Å²) in [6, 6.07) is 0.490. The summed E-state index contributed by atoms with van der Waals surface area (Å²) in [4.78, 5) is 11.4. The van der Waals surface area contributed by atoms with Crippen LogP contribution in [0.15, 0.2) is 0 Å².